The minimum atomic E-state index is -0.109. The Bertz CT molecular complexity index is 754. The Morgan fingerprint density at radius 3 is 2.25 bits per heavy atom. The van der Waals surface area contributed by atoms with Crippen LogP contribution in [0.25, 0.3) is 11.8 Å². The topological polar surface area (TPSA) is 117 Å². The maximum atomic E-state index is 10.2. The first-order valence-corrected chi connectivity index (χ1v) is 9.58. The lowest BCUT2D eigenvalue weighted by molar-refractivity contribution is -0.116. The van der Waals surface area contributed by atoms with Gasteiger partial charge in [-0.05, 0) is 37.3 Å². The normalized spacial score (nSPS) is 12.8. The number of nitrogens with two attached hydrogens (primary N) is 2. The fraction of sp³-hybridized carbons (Fsp3) is 0.318. The second-order valence-corrected chi connectivity index (χ2v) is 6.33. The lowest BCUT2D eigenvalue weighted by Gasteiger charge is -2.04. The third-order valence-electron chi connectivity index (χ3n) is 4.13. The van der Waals surface area contributed by atoms with Crippen LogP contribution in [0.15, 0.2) is 49.2 Å². The van der Waals surface area contributed by atoms with E-state index in [2.05, 4.69) is 16.9 Å². The van der Waals surface area contributed by atoms with Crippen LogP contribution in [0.1, 0.15) is 50.2 Å². The predicted octanol–water partition coefficient (Wildman–Crippen LogP) is 4.02. The van der Waals surface area contributed by atoms with Gasteiger partial charge in [-0.3, -0.25) is 4.79 Å². The van der Waals surface area contributed by atoms with Gasteiger partial charge in [-0.2, -0.15) is 0 Å². The van der Waals surface area contributed by atoms with Crippen molar-refractivity contribution in [2.24, 2.45) is 5.73 Å². The average molecular weight is 385 g/mol. The number of amides is 1. The molecule has 152 valence electrons. The highest BCUT2D eigenvalue weighted by atomic mass is 16.3. The number of para-hydroxylation sites is 1. The Morgan fingerprint density at radius 1 is 1.21 bits per heavy atom. The molecule has 0 spiro atoms. The number of likely N-dealkylation sites (N-methyl/N-ethyl adjacent to an activating group) is 1. The number of H-pyrrole nitrogens is 1. The number of phenolic OH excluding ortho intramolecular Hbond substituents is 1. The van der Waals surface area contributed by atoms with Gasteiger partial charge in [0.25, 0.3) is 0 Å². The van der Waals surface area contributed by atoms with Crippen LogP contribution in [0.2, 0.25) is 0 Å². The molecule has 1 saturated carbocycles. The molecule has 0 radical (unpaired) electrons. The number of anilines is 1. The van der Waals surface area contributed by atoms with Crippen molar-refractivity contribution in [1.29, 1.82) is 0 Å². The van der Waals surface area contributed by atoms with Gasteiger partial charge in [0.1, 0.15) is 11.6 Å². The molecular formula is C22H32N4O2. The monoisotopic (exact) mass is 384 g/mol. The zero-order valence-electron chi connectivity index (χ0n) is 16.6. The Labute approximate surface area is 167 Å². The second-order valence-electron chi connectivity index (χ2n) is 6.33. The fourth-order valence-electron chi connectivity index (χ4n) is 2.61. The Morgan fingerprint density at radius 2 is 1.82 bits per heavy atom. The molecule has 1 aliphatic carbocycles. The van der Waals surface area contributed by atoms with Crippen LogP contribution in [0.3, 0.4) is 0 Å². The summed E-state index contributed by atoms with van der Waals surface area (Å²) < 4.78 is 0. The van der Waals surface area contributed by atoms with E-state index in [1.54, 1.807) is 30.5 Å². The molecule has 1 aromatic heterocycles. The summed E-state index contributed by atoms with van der Waals surface area (Å²) in [6.45, 7) is 5.80. The van der Waals surface area contributed by atoms with E-state index in [0.29, 0.717) is 23.6 Å². The van der Waals surface area contributed by atoms with Gasteiger partial charge in [0, 0.05) is 29.6 Å². The summed E-state index contributed by atoms with van der Waals surface area (Å²) in [7, 11) is 0. The van der Waals surface area contributed by atoms with Crippen LogP contribution < -0.4 is 16.8 Å². The van der Waals surface area contributed by atoms with Crippen molar-refractivity contribution >= 4 is 23.5 Å². The minimum Gasteiger partial charge on any atom is -0.507 e. The number of benzene rings is 1. The number of carbonyl (C=O) groups excluding carboxylic acids is 1. The van der Waals surface area contributed by atoms with Gasteiger partial charge in [-0.1, -0.05) is 50.8 Å². The molecule has 3 rings (SSSR count). The quantitative estimate of drug-likeness (QED) is 0.512. The lowest BCUT2D eigenvalue weighted by atomic mass is 10.1. The lowest BCUT2D eigenvalue weighted by Crippen LogP contribution is -2.19. The first-order valence-electron chi connectivity index (χ1n) is 9.58. The molecule has 1 fully saturated rings. The zero-order valence-corrected chi connectivity index (χ0v) is 16.6. The van der Waals surface area contributed by atoms with Crippen molar-refractivity contribution < 1.29 is 9.90 Å². The molecule has 28 heavy (non-hydrogen) atoms. The van der Waals surface area contributed by atoms with Crippen molar-refractivity contribution in [1.82, 2.24) is 10.3 Å². The summed E-state index contributed by atoms with van der Waals surface area (Å²) in [4.78, 5) is 13.0. The van der Waals surface area contributed by atoms with E-state index in [1.807, 2.05) is 19.1 Å². The fourth-order valence-corrected chi connectivity index (χ4v) is 2.61. The molecule has 1 aliphatic rings. The summed E-state index contributed by atoms with van der Waals surface area (Å²) in [5.74, 6) is 0.603. The van der Waals surface area contributed by atoms with Crippen molar-refractivity contribution in [3.63, 3.8) is 0 Å². The SMILES string of the molecule is C1CCCC1.C=CC(=O)NCC.N/C(=C\c1cc[nH]c1N)c1ccccc1O. The number of hydrogen-bond donors (Lipinski definition) is 5. The smallest absolute Gasteiger partial charge is 0.243 e. The van der Waals surface area contributed by atoms with Crippen molar-refractivity contribution in [3.8, 4) is 5.75 Å². The van der Waals surface area contributed by atoms with E-state index in [-0.39, 0.29) is 11.7 Å². The number of rotatable bonds is 4. The van der Waals surface area contributed by atoms with Crippen LogP contribution in [-0.4, -0.2) is 22.5 Å². The van der Waals surface area contributed by atoms with E-state index in [9.17, 15) is 9.90 Å². The van der Waals surface area contributed by atoms with Crippen LogP contribution in [0, 0.1) is 0 Å². The molecule has 2 aromatic rings. The second kappa shape index (κ2) is 13.1. The van der Waals surface area contributed by atoms with E-state index in [0.717, 1.165) is 5.56 Å². The molecule has 1 amide bonds. The van der Waals surface area contributed by atoms with Gasteiger partial charge in [0.15, 0.2) is 0 Å². The van der Waals surface area contributed by atoms with Gasteiger partial charge in [-0.25, -0.2) is 0 Å². The number of nitrogens with one attached hydrogen (secondary N) is 2. The number of aromatic nitrogens is 1. The number of hydrogen-bond acceptors (Lipinski definition) is 4. The number of aromatic hydroxyl groups is 1. The summed E-state index contributed by atoms with van der Waals surface area (Å²) >= 11 is 0. The number of nitrogen functional groups attached to an aromatic ring is 1. The summed E-state index contributed by atoms with van der Waals surface area (Å²) in [5.41, 5.74) is 13.5. The molecule has 0 unspecified atom stereocenters. The number of carbonyl (C=O) groups is 1. The number of phenols is 1. The number of aromatic amines is 1. The molecule has 0 aliphatic heterocycles. The van der Waals surface area contributed by atoms with Crippen LogP contribution in [0.4, 0.5) is 5.82 Å². The highest BCUT2D eigenvalue weighted by Gasteiger charge is 2.04. The Kier molecular flexibility index (Phi) is 10.7. The standard InChI is InChI=1S/C12H13N3O.C5H9NO.C5H10/c13-10(7-8-5-6-15-12(8)14)9-3-1-2-4-11(9)16;1-3-5(7)6-4-2;1-2-4-5-3-1/h1-7,15-16H,13-14H2;3H,1,4H2,2H3,(H,6,7);1-5H2/b10-7-;;. The zero-order chi connectivity index (χ0) is 20.8. The minimum absolute atomic E-state index is 0.109. The van der Waals surface area contributed by atoms with Crippen molar-refractivity contribution in [2.75, 3.05) is 12.3 Å². The largest absolute Gasteiger partial charge is 0.507 e. The van der Waals surface area contributed by atoms with Crippen LogP contribution >= 0.6 is 0 Å². The highest BCUT2D eigenvalue weighted by Crippen LogP contribution is 2.24. The third-order valence-corrected chi connectivity index (χ3v) is 4.13. The molecule has 0 bridgehead atoms. The molecule has 6 heteroatoms. The Hall–Kier alpha value is -3.15. The first kappa shape index (κ1) is 22.9. The van der Waals surface area contributed by atoms with E-state index in [1.165, 1.54) is 38.2 Å². The van der Waals surface area contributed by atoms with E-state index < -0.39 is 0 Å². The maximum Gasteiger partial charge on any atom is 0.243 e. The molecule has 1 heterocycles. The van der Waals surface area contributed by atoms with E-state index in [4.69, 9.17) is 11.5 Å². The van der Waals surface area contributed by atoms with Crippen LogP contribution in [0.5, 0.6) is 5.75 Å². The van der Waals surface area contributed by atoms with Gasteiger partial charge in [0.05, 0.1) is 0 Å². The van der Waals surface area contributed by atoms with Gasteiger partial charge in [-0.15, -0.1) is 0 Å². The maximum absolute atomic E-state index is 10.2. The van der Waals surface area contributed by atoms with Crippen LogP contribution in [-0.2, 0) is 4.79 Å². The van der Waals surface area contributed by atoms with Crippen molar-refractivity contribution in [3.05, 3.63) is 60.3 Å². The van der Waals surface area contributed by atoms with Gasteiger partial charge >= 0.3 is 0 Å². The summed E-state index contributed by atoms with van der Waals surface area (Å²) in [6, 6.07) is 8.73. The summed E-state index contributed by atoms with van der Waals surface area (Å²) in [5, 5.41) is 12.2. The molecule has 0 saturated heterocycles. The third kappa shape index (κ3) is 8.49. The van der Waals surface area contributed by atoms with Gasteiger partial charge < -0.3 is 26.9 Å². The van der Waals surface area contributed by atoms with E-state index >= 15 is 0 Å². The molecule has 7 N–H and O–H groups in total. The molecule has 6 nitrogen and oxygen atoms in total. The Balaban J connectivity index is 0.000000269. The first-order chi connectivity index (χ1) is 13.5. The average Bonchev–Trinajstić information content (AvgIpc) is 3.39. The highest BCUT2D eigenvalue weighted by molar-refractivity contribution is 5.86. The molecule has 1 aromatic carbocycles. The molecular weight excluding hydrogens is 352 g/mol. The van der Waals surface area contributed by atoms with Gasteiger partial charge in [0.2, 0.25) is 5.91 Å². The van der Waals surface area contributed by atoms with Crippen molar-refractivity contribution in [2.45, 2.75) is 39.0 Å². The summed E-state index contributed by atoms with van der Waals surface area (Å²) in [6.07, 6.45) is 12.2. The predicted molar refractivity (Wildman–Crippen MR) is 117 cm³/mol. The molecule has 0 atom stereocenters.